The number of ketones is 1. The summed E-state index contributed by atoms with van der Waals surface area (Å²) in [5, 5.41) is 10.4. The van der Waals surface area contributed by atoms with Crippen LogP contribution in [-0.4, -0.2) is 45.4 Å². The molecule has 0 spiro atoms. The van der Waals surface area contributed by atoms with Gasteiger partial charge in [0.2, 0.25) is 5.91 Å². The van der Waals surface area contributed by atoms with Crippen molar-refractivity contribution in [1.29, 1.82) is 0 Å². The summed E-state index contributed by atoms with van der Waals surface area (Å²) in [5.74, 6) is -0.159. The zero-order valence-electron chi connectivity index (χ0n) is 21.7. The Labute approximate surface area is 208 Å². The summed E-state index contributed by atoms with van der Waals surface area (Å²) >= 11 is 1.63. The lowest BCUT2D eigenvalue weighted by Crippen LogP contribution is -2.47. The van der Waals surface area contributed by atoms with Crippen molar-refractivity contribution in [3.05, 3.63) is 41.0 Å². The van der Waals surface area contributed by atoms with E-state index in [0.717, 1.165) is 23.2 Å². The van der Waals surface area contributed by atoms with Crippen molar-refractivity contribution in [2.45, 2.75) is 86.3 Å². The van der Waals surface area contributed by atoms with Gasteiger partial charge in [-0.15, -0.1) is 11.3 Å². The largest absolute Gasteiger partial charge is 0.391 e. The van der Waals surface area contributed by atoms with Crippen LogP contribution in [0.2, 0.25) is 0 Å². The van der Waals surface area contributed by atoms with E-state index >= 15 is 0 Å². The number of rotatable bonds is 7. The van der Waals surface area contributed by atoms with Crippen LogP contribution in [-0.2, 0) is 16.0 Å². The molecule has 3 rings (SSSR count). The first-order valence-corrected chi connectivity index (χ1v) is 13.1. The number of carbonyl (C=O) groups excluding carboxylic acids is 2. The number of benzene rings is 1. The molecule has 1 aliphatic rings. The molecule has 186 valence electrons. The number of β-amino-alcohol motifs (C(OH)–C–C–N with tert-alkyl or cyclic N) is 1. The van der Waals surface area contributed by atoms with Crippen LogP contribution < -0.4 is 0 Å². The summed E-state index contributed by atoms with van der Waals surface area (Å²) in [7, 11) is 0. The standard InChI is InChI=1S/C28H40N2O3S/c1-18-25(34-17-29-18)20-11-8-19(9-12-20)10-13-24(32)23-14-21(31)16-30(23)26(33)22(28(5,6)7)15-27(2,3)4/h8-9,11-12,17,21-23,31H,10,13-16H2,1-7H3/t21-,22-,23+/m1/s1. The van der Waals surface area contributed by atoms with Crippen molar-refractivity contribution in [2.75, 3.05) is 6.54 Å². The summed E-state index contributed by atoms with van der Waals surface area (Å²) in [5.41, 5.74) is 4.89. The van der Waals surface area contributed by atoms with Crippen LogP contribution in [0.4, 0.5) is 0 Å². The number of Topliss-reactive ketones (excluding diaryl/α,β-unsaturated/α-hetero) is 1. The van der Waals surface area contributed by atoms with Crippen molar-refractivity contribution in [3.8, 4) is 10.4 Å². The van der Waals surface area contributed by atoms with E-state index in [9.17, 15) is 14.7 Å². The van der Waals surface area contributed by atoms with E-state index in [1.165, 1.54) is 4.88 Å². The Morgan fingerprint density at radius 1 is 1.15 bits per heavy atom. The SMILES string of the molecule is Cc1ncsc1-c1ccc(CCC(=O)[C@@H]2C[C@@H](O)CN2C(=O)[C@@H](CC(C)(C)C)C(C)(C)C)cc1. The van der Waals surface area contributed by atoms with Crippen LogP contribution in [0.1, 0.15) is 72.1 Å². The molecule has 1 N–H and O–H groups in total. The summed E-state index contributed by atoms with van der Waals surface area (Å²) in [4.78, 5) is 34.0. The second kappa shape index (κ2) is 10.3. The van der Waals surface area contributed by atoms with Crippen molar-refractivity contribution >= 4 is 23.0 Å². The molecule has 0 aliphatic carbocycles. The molecule has 1 saturated heterocycles. The molecule has 1 aliphatic heterocycles. The average molecular weight is 485 g/mol. The number of carbonyl (C=O) groups is 2. The smallest absolute Gasteiger partial charge is 0.226 e. The average Bonchev–Trinajstić information content (AvgIpc) is 3.34. The first-order chi connectivity index (χ1) is 15.8. The maximum Gasteiger partial charge on any atom is 0.226 e. The Morgan fingerprint density at radius 2 is 1.79 bits per heavy atom. The predicted molar refractivity (Wildman–Crippen MR) is 139 cm³/mol. The van der Waals surface area contributed by atoms with E-state index in [-0.39, 0.29) is 35.0 Å². The predicted octanol–water partition coefficient (Wildman–Crippen LogP) is 5.68. The van der Waals surface area contributed by atoms with Crippen molar-refractivity contribution < 1.29 is 14.7 Å². The number of aliphatic hydroxyl groups is 1. The molecule has 5 nitrogen and oxygen atoms in total. The lowest BCUT2D eigenvalue weighted by Gasteiger charge is -2.38. The lowest BCUT2D eigenvalue weighted by molar-refractivity contribution is -0.145. The Hall–Kier alpha value is -2.05. The second-order valence-electron chi connectivity index (χ2n) is 12.0. The molecule has 0 radical (unpaired) electrons. The quantitative estimate of drug-likeness (QED) is 0.549. The molecule has 1 amide bonds. The minimum Gasteiger partial charge on any atom is -0.391 e. The minimum atomic E-state index is -0.643. The number of hydrogen-bond donors (Lipinski definition) is 1. The van der Waals surface area contributed by atoms with Gasteiger partial charge in [0, 0.05) is 25.3 Å². The second-order valence-corrected chi connectivity index (χ2v) is 12.9. The summed E-state index contributed by atoms with van der Waals surface area (Å²) in [6.45, 7) is 14.9. The molecule has 34 heavy (non-hydrogen) atoms. The van der Waals surface area contributed by atoms with Crippen molar-refractivity contribution in [3.63, 3.8) is 0 Å². The van der Waals surface area contributed by atoms with E-state index in [4.69, 9.17) is 0 Å². The highest BCUT2D eigenvalue weighted by molar-refractivity contribution is 7.13. The molecule has 1 fully saturated rings. The Bertz CT molecular complexity index is 998. The maximum absolute atomic E-state index is 13.6. The Morgan fingerprint density at radius 3 is 2.32 bits per heavy atom. The molecule has 2 aromatic rings. The van der Waals surface area contributed by atoms with Gasteiger partial charge < -0.3 is 10.0 Å². The van der Waals surface area contributed by atoms with E-state index < -0.39 is 12.1 Å². The van der Waals surface area contributed by atoms with E-state index in [0.29, 0.717) is 19.3 Å². The van der Waals surface area contributed by atoms with Gasteiger partial charge in [-0.05, 0) is 41.7 Å². The van der Waals surface area contributed by atoms with Gasteiger partial charge in [0.05, 0.1) is 28.2 Å². The first-order valence-electron chi connectivity index (χ1n) is 12.3. The highest BCUT2D eigenvalue weighted by atomic mass is 32.1. The number of hydrogen-bond acceptors (Lipinski definition) is 5. The van der Waals surface area contributed by atoms with E-state index in [2.05, 4.69) is 70.8 Å². The normalized spacial score (nSPS) is 19.9. The Balaban J connectivity index is 1.68. The van der Waals surface area contributed by atoms with Crippen LogP contribution in [0.25, 0.3) is 10.4 Å². The number of aryl methyl sites for hydroxylation is 2. The fraction of sp³-hybridized carbons (Fsp3) is 0.607. The highest BCUT2D eigenvalue weighted by Gasteiger charge is 2.44. The summed E-state index contributed by atoms with van der Waals surface area (Å²) in [6.07, 6.45) is 1.42. The van der Waals surface area contributed by atoms with Gasteiger partial charge in [-0.25, -0.2) is 4.98 Å². The van der Waals surface area contributed by atoms with Gasteiger partial charge in [0.15, 0.2) is 5.78 Å². The number of thiazole rings is 1. The molecule has 0 saturated carbocycles. The molecule has 1 aromatic heterocycles. The highest BCUT2D eigenvalue weighted by Crippen LogP contribution is 2.39. The Kier molecular flexibility index (Phi) is 8.03. The molecular formula is C28H40N2O3S. The van der Waals surface area contributed by atoms with Crippen LogP contribution in [0.15, 0.2) is 29.8 Å². The van der Waals surface area contributed by atoms with Gasteiger partial charge in [-0.2, -0.15) is 0 Å². The van der Waals surface area contributed by atoms with Crippen molar-refractivity contribution in [1.82, 2.24) is 9.88 Å². The molecule has 3 atom stereocenters. The number of likely N-dealkylation sites (tertiary alicyclic amines) is 1. The monoisotopic (exact) mass is 484 g/mol. The number of nitrogens with zero attached hydrogens (tertiary/aromatic N) is 2. The fourth-order valence-electron chi connectivity index (χ4n) is 4.77. The van der Waals surface area contributed by atoms with Crippen LogP contribution >= 0.6 is 11.3 Å². The zero-order chi connectivity index (χ0) is 25.3. The van der Waals surface area contributed by atoms with Gasteiger partial charge in [0.25, 0.3) is 0 Å². The summed E-state index contributed by atoms with van der Waals surface area (Å²) in [6, 6.07) is 7.75. The first kappa shape index (κ1) is 26.6. The van der Waals surface area contributed by atoms with E-state index in [1.54, 1.807) is 16.2 Å². The van der Waals surface area contributed by atoms with Crippen molar-refractivity contribution in [2.24, 2.45) is 16.7 Å². The number of amides is 1. The van der Waals surface area contributed by atoms with E-state index in [1.807, 2.05) is 12.4 Å². The van der Waals surface area contributed by atoms with Gasteiger partial charge in [-0.3, -0.25) is 9.59 Å². The van der Waals surface area contributed by atoms with Gasteiger partial charge in [0.1, 0.15) is 0 Å². The fourth-order valence-corrected chi connectivity index (χ4v) is 5.59. The molecule has 1 aromatic carbocycles. The zero-order valence-corrected chi connectivity index (χ0v) is 22.5. The van der Waals surface area contributed by atoms with Gasteiger partial charge in [-0.1, -0.05) is 65.8 Å². The molecule has 6 heteroatoms. The van der Waals surface area contributed by atoms with Crippen LogP contribution in [0, 0.1) is 23.7 Å². The third-order valence-corrected chi connectivity index (χ3v) is 7.69. The lowest BCUT2D eigenvalue weighted by atomic mass is 9.71. The van der Waals surface area contributed by atoms with Gasteiger partial charge >= 0.3 is 0 Å². The third-order valence-electron chi connectivity index (χ3n) is 6.72. The summed E-state index contributed by atoms with van der Waals surface area (Å²) < 4.78 is 0. The topological polar surface area (TPSA) is 70.5 Å². The molecular weight excluding hydrogens is 444 g/mol. The number of aliphatic hydroxyl groups excluding tert-OH is 1. The van der Waals surface area contributed by atoms with Crippen LogP contribution in [0.3, 0.4) is 0 Å². The molecule has 0 unspecified atom stereocenters. The minimum absolute atomic E-state index is 0.00149. The third kappa shape index (κ3) is 6.54. The molecule has 2 heterocycles. The van der Waals surface area contributed by atoms with Crippen LogP contribution in [0.5, 0.6) is 0 Å². The molecule has 0 bridgehead atoms. The number of aromatic nitrogens is 1. The maximum atomic E-state index is 13.6.